The van der Waals surface area contributed by atoms with Crippen LogP contribution < -0.4 is 0 Å². The van der Waals surface area contributed by atoms with Gasteiger partial charge in [-0.3, -0.25) is 0 Å². The van der Waals surface area contributed by atoms with E-state index in [9.17, 15) is 0 Å². The van der Waals surface area contributed by atoms with Crippen molar-refractivity contribution in [3.8, 4) is 33.7 Å². The van der Waals surface area contributed by atoms with E-state index >= 15 is 0 Å². The molecule has 25 heavy (non-hydrogen) atoms. The topological polar surface area (TPSA) is 12.9 Å². The second-order valence-corrected chi connectivity index (χ2v) is 6.54. The summed E-state index contributed by atoms with van der Waals surface area (Å²) in [6.45, 7) is 0. The van der Waals surface area contributed by atoms with Gasteiger partial charge in [-0.15, -0.1) is 11.3 Å². The van der Waals surface area contributed by atoms with Gasteiger partial charge in [-0.1, -0.05) is 84.8 Å². The van der Waals surface area contributed by atoms with Crippen LogP contribution in [0.3, 0.4) is 0 Å². The lowest BCUT2D eigenvalue weighted by molar-refractivity contribution is 1.39. The summed E-state index contributed by atoms with van der Waals surface area (Å²) in [7, 11) is 0. The fraction of sp³-hybridized carbons (Fsp3) is 0. The number of nitrogens with zero attached hydrogens (tertiary/aromatic N) is 1. The molecule has 0 spiro atoms. The zero-order chi connectivity index (χ0) is 16.9. The summed E-state index contributed by atoms with van der Waals surface area (Å²) in [6.07, 6.45) is 0. The van der Waals surface area contributed by atoms with Crippen molar-refractivity contribution < 1.29 is 0 Å². The van der Waals surface area contributed by atoms with Crippen LogP contribution in [0.15, 0.2) is 91.0 Å². The van der Waals surface area contributed by atoms with Crippen LogP contribution in [-0.2, 0) is 0 Å². The molecule has 0 radical (unpaired) electrons. The summed E-state index contributed by atoms with van der Waals surface area (Å²) in [5, 5.41) is 0.997. The van der Waals surface area contributed by atoms with Crippen LogP contribution in [0.1, 0.15) is 10.4 Å². The molecule has 3 aromatic carbocycles. The van der Waals surface area contributed by atoms with Crippen molar-refractivity contribution in [1.29, 1.82) is 0 Å². The van der Waals surface area contributed by atoms with E-state index in [0.29, 0.717) is 0 Å². The molecule has 0 saturated heterocycles. The molecule has 118 valence electrons. The minimum absolute atomic E-state index is 0.952. The molecule has 0 aliphatic heterocycles. The Morgan fingerprint density at radius 3 is 1.80 bits per heavy atom. The largest absolute Gasteiger partial charge is 0.235 e. The number of thiazole rings is 1. The SMILES string of the molecule is C(#Cc1sc(-c2ccccc2)nc1-c1ccccc1)c1ccccc1. The molecule has 0 N–H and O–H groups in total. The molecular formula is C23H15NS. The Hall–Kier alpha value is -3.15. The summed E-state index contributed by atoms with van der Waals surface area (Å²) in [6, 6.07) is 30.6. The van der Waals surface area contributed by atoms with Gasteiger partial charge in [0, 0.05) is 16.7 Å². The lowest BCUT2D eigenvalue weighted by atomic mass is 10.1. The maximum Gasteiger partial charge on any atom is 0.125 e. The number of hydrogen-bond acceptors (Lipinski definition) is 2. The first-order chi connectivity index (χ1) is 12.4. The van der Waals surface area contributed by atoms with Crippen LogP contribution in [0.4, 0.5) is 0 Å². The summed E-state index contributed by atoms with van der Waals surface area (Å²) in [4.78, 5) is 5.87. The number of benzene rings is 3. The quantitative estimate of drug-likeness (QED) is 0.416. The maximum absolute atomic E-state index is 4.88. The van der Waals surface area contributed by atoms with E-state index in [1.54, 1.807) is 11.3 Å². The Labute approximate surface area is 151 Å². The molecule has 0 saturated carbocycles. The number of aromatic nitrogens is 1. The highest BCUT2D eigenvalue weighted by molar-refractivity contribution is 7.16. The summed E-state index contributed by atoms with van der Waals surface area (Å²) in [5.41, 5.74) is 4.18. The third kappa shape index (κ3) is 3.52. The summed E-state index contributed by atoms with van der Waals surface area (Å²) < 4.78 is 0. The molecule has 0 amide bonds. The van der Waals surface area contributed by atoms with Crippen molar-refractivity contribution >= 4 is 11.3 Å². The molecule has 0 fully saturated rings. The Morgan fingerprint density at radius 1 is 0.600 bits per heavy atom. The third-order valence-corrected chi connectivity index (χ3v) is 4.81. The number of hydrogen-bond donors (Lipinski definition) is 0. The molecule has 1 aromatic heterocycles. The third-order valence-electron chi connectivity index (χ3n) is 3.79. The van der Waals surface area contributed by atoms with Crippen molar-refractivity contribution in [2.75, 3.05) is 0 Å². The van der Waals surface area contributed by atoms with Gasteiger partial charge in [0.05, 0.1) is 5.69 Å². The first kappa shape index (κ1) is 15.4. The van der Waals surface area contributed by atoms with Crippen LogP contribution in [0.5, 0.6) is 0 Å². The molecule has 2 heteroatoms. The Kier molecular flexibility index (Phi) is 4.41. The van der Waals surface area contributed by atoms with Crippen molar-refractivity contribution in [3.05, 3.63) is 101 Å². The smallest absolute Gasteiger partial charge is 0.125 e. The lowest BCUT2D eigenvalue weighted by Crippen LogP contribution is -1.81. The monoisotopic (exact) mass is 337 g/mol. The summed E-state index contributed by atoms with van der Waals surface area (Å²) >= 11 is 1.64. The van der Waals surface area contributed by atoms with Crippen molar-refractivity contribution in [2.24, 2.45) is 0 Å². The molecule has 4 aromatic rings. The van der Waals surface area contributed by atoms with E-state index in [4.69, 9.17) is 4.98 Å². The van der Waals surface area contributed by atoms with E-state index in [0.717, 1.165) is 32.3 Å². The molecule has 0 bridgehead atoms. The van der Waals surface area contributed by atoms with E-state index in [1.807, 2.05) is 66.7 Å². The molecule has 0 unspecified atom stereocenters. The highest BCUT2D eigenvalue weighted by Gasteiger charge is 2.12. The first-order valence-electron chi connectivity index (χ1n) is 8.09. The average molecular weight is 337 g/mol. The maximum atomic E-state index is 4.88. The summed E-state index contributed by atoms with van der Waals surface area (Å²) in [5.74, 6) is 6.58. The van der Waals surface area contributed by atoms with Crippen LogP contribution >= 0.6 is 11.3 Å². The van der Waals surface area contributed by atoms with Gasteiger partial charge in [-0.25, -0.2) is 4.98 Å². The molecule has 0 atom stereocenters. The predicted molar refractivity (Wildman–Crippen MR) is 105 cm³/mol. The van der Waals surface area contributed by atoms with E-state index in [1.165, 1.54) is 0 Å². The van der Waals surface area contributed by atoms with Crippen molar-refractivity contribution in [1.82, 2.24) is 4.98 Å². The van der Waals surface area contributed by atoms with E-state index in [-0.39, 0.29) is 0 Å². The molecule has 4 rings (SSSR count). The second-order valence-electron chi connectivity index (χ2n) is 5.54. The Balaban J connectivity index is 1.82. The molecule has 0 aliphatic carbocycles. The van der Waals surface area contributed by atoms with Gasteiger partial charge in [0.15, 0.2) is 0 Å². The van der Waals surface area contributed by atoms with Crippen molar-refractivity contribution in [2.45, 2.75) is 0 Å². The van der Waals surface area contributed by atoms with Gasteiger partial charge in [-0.2, -0.15) is 0 Å². The van der Waals surface area contributed by atoms with E-state index < -0.39 is 0 Å². The molecule has 1 nitrogen and oxygen atoms in total. The van der Waals surface area contributed by atoms with Crippen LogP contribution in [0.2, 0.25) is 0 Å². The standard InChI is InChI=1S/C23H15NS/c1-4-10-18(11-5-1)16-17-21-22(19-12-6-2-7-13-19)24-23(25-21)20-14-8-3-9-15-20/h1-15H. The van der Waals surface area contributed by atoms with Crippen LogP contribution in [0, 0.1) is 11.8 Å². The molecule has 1 heterocycles. The van der Waals surface area contributed by atoms with Gasteiger partial charge in [0.1, 0.15) is 9.88 Å². The van der Waals surface area contributed by atoms with Gasteiger partial charge >= 0.3 is 0 Å². The zero-order valence-electron chi connectivity index (χ0n) is 13.5. The average Bonchev–Trinajstić information content (AvgIpc) is 3.13. The fourth-order valence-corrected chi connectivity index (χ4v) is 3.50. The Morgan fingerprint density at radius 2 is 1.16 bits per heavy atom. The van der Waals surface area contributed by atoms with Crippen molar-refractivity contribution in [3.63, 3.8) is 0 Å². The van der Waals surface area contributed by atoms with E-state index in [2.05, 4.69) is 36.1 Å². The van der Waals surface area contributed by atoms with Crippen LogP contribution in [-0.4, -0.2) is 4.98 Å². The van der Waals surface area contributed by atoms with Gasteiger partial charge < -0.3 is 0 Å². The first-order valence-corrected chi connectivity index (χ1v) is 8.90. The Bertz CT molecular complexity index is 1020. The van der Waals surface area contributed by atoms with Gasteiger partial charge in [0.2, 0.25) is 0 Å². The highest BCUT2D eigenvalue weighted by Crippen LogP contribution is 2.33. The minimum Gasteiger partial charge on any atom is -0.235 e. The highest BCUT2D eigenvalue weighted by atomic mass is 32.1. The minimum atomic E-state index is 0.952. The lowest BCUT2D eigenvalue weighted by Gasteiger charge is -1.97. The molecule has 0 aliphatic rings. The van der Waals surface area contributed by atoms with Crippen LogP contribution in [0.25, 0.3) is 21.8 Å². The second kappa shape index (κ2) is 7.17. The fourth-order valence-electron chi connectivity index (χ4n) is 2.55. The predicted octanol–water partition coefficient (Wildman–Crippen LogP) is 5.88. The van der Waals surface area contributed by atoms with Gasteiger partial charge in [-0.05, 0) is 18.1 Å². The number of rotatable bonds is 2. The van der Waals surface area contributed by atoms with Gasteiger partial charge in [0.25, 0.3) is 0 Å². The zero-order valence-corrected chi connectivity index (χ0v) is 14.3. The normalized spacial score (nSPS) is 10.1. The molecular weight excluding hydrogens is 322 g/mol.